The topological polar surface area (TPSA) is 55.4 Å². The van der Waals surface area contributed by atoms with Crippen molar-refractivity contribution in [1.82, 2.24) is 5.32 Å². The van der Waals surface area contributed by atoms with Crippen molar-refractivity contribution in [1.29, 1.82) is 0 Å². The molecule has 0 aromatic carbocycles. The molecule has 0 heterocycles. The van der Waals surface area contributed by atoms with Crippen LogP contribution in [0, 0.1) is 5.92 Å². The Bertz CT molecular complexity index is 191. The lowest BCUT2D eigenvalue weighted by Gasteiger charge is -2.20. The second kappa shape index (κ2) is 5.56. The van der Waals surface area contributed by atoms with Crippen LogP contribution in [-0.4, -0.2) is 25.0 Å². The first-order valence-corrected chi connectivity index (χ1v) is 4.37. The highest BCUT2D eigenvalue weighted by atomic mass is 16.5. The van der Waals surface area contributed by atoms with E-state index in [0.29, 0.717) is 0 Å². The Hall–Kier alpha value is -1.06. The van der Waals surface area contributed by atoms with Crippen LogP contribution in [0.3, 0.4) is 0 Å². The van der Waals surface area contributed by atoms with Crippen LogP contribution in [0.4, 0.5) is 4.79 Å². The monoisotopic (exact) mass is 187 g/mol. The van der Waals surface area contributed by atoms with E-state index >= 15 is 0 Å². The Morgan fingerprint density at radius 2 is 2.00 bits per heavy atom. The molecule has 0 aromatic heterocycles. The summed E-state index contributed by atoms with van der Waals surface area (Å²) in [4.78, 5) is 22.0. The molecule has 1 N–H and O–H groups in total. The van der Waals surface area contributed by atoms with Crippen molar-refractivity contribution >= 4 is 11.9 Å². The van der Waals surface area contributed by atoms with Gasteiger partial charge >= 0.3 is 6.09 Å². The van der Waals surface area contributed by atoms with E-state index in [1.165, 1.54) is 14.0 Å². The summed E-state index contributed by atoms with van der Waals surface area (Å²) in [5.41, 5.74) is 0. The fraction of sp³-hybridized carbons (Fsp3) is 0.778. The molecule has 76 valence electrons. The normalized spacial score (nSPS) is 14.5. The van der Waals surface area contributed by atoms with Gasteiger partial charge in [-0.3, -0.25) is 4.79 Å². The maximum absolute atomic E-state index is 11.1. The predicted molar refractivity (Wildman–Crippen MR) is 49.5 cm³/mol. The number of hydrogen-bond donors (Lipinski definition) is 1. The molecule has 0 aliphatic rings. The number of rotatable bonds is 4. The highest BCUT2D eigenvalue weighted by molar-refractivity contribution is 5.85. The van der Waals surface area contributed by atoms with Gasteiger partial charge in [0, 0.05) is 0 Å². The van der Waals surface area contributed by atoms with Crippen LogP contribution in [0.2, 0.25) is 0 Å². The zero-order valence-electron chi connectivity index (χ0n) is 8.59. The van der Waals surface area contributed by atoms with Crippen molar-refractivity contribution in [3.05, 3.63) is 0 Å². The Morgan fingerprint density at radius 3 is 2.31 bits per heavy atom. The molecule has 13 heavy (non-hydrogen) atoms. The van der Waals surface area contributed by atoms with Crippen molar-refractivity contribution in [3.63, 3.8) is 0 Å². The summed E-state index contributed by atoms with van der Waals surface area (Å²) in [6.45, 7) is 5.36. The molecule has 2 atom stereocenters. The molecule has 1 amide bonds. The summed E-state index contributed by atoms with van der Waals surface area (Å²) in [6.07, 6.45) is 0.286. The number of nitrogens with one attached hydrogen (secondary N) is 1. The minimum absolute atomic E-state index is 0.0419. The van der Waals surface area contributed by atoms with Gasteiger partial charge in [-0.2, -0.15) is 0 Å². The molecule has 0 aliphatic heterocycles. The average molecular weight is 187 g/mol. The van der Waals surface area contributed by atoms with Gasteiger partial charge in [0.1, 0.15) is 0 Å². The summed E-state index contributed by atoms with van der Waals surface area (Å²) < 4.78 is 4.42. The molecule has 0 radical (unpaired) electrons. The van der Waals surface area contributed by atoms with Crippen molar-refractivity contribution in [3.8, 4) is 0 Å². The summed E-state index contributed by atoms with van der Waals surface area (Å²) in [6, 6.07) is -0.433. The van der Waals surface area contributed by atoms with Gasteiger partial charge in [-0.25, -0.2) is 4.79 Å². The molecule has 0 saturated carbocycles. The standard InChI is InChI=1S/C9H17NO3/c1-5-6(2)8(7(3)11)10-9(12)13-4/h6,8H,5H2,1-4H3,(H,10,12). The molecule has 0 spiro atoms. The Balaban J connectivity index is 4.26. The number of carbonyl (C=O) groups is 2. The van der Waals surface area contributed by atoms with Gasteiger partial charge in [-0.1, -0.05) is 20.3 Å². The lowest BCUT2D eigenvalue weighted by atomic mass is 9.96. The first-order valence-electron chi connectivity index (χ1n) is 4.37. The van der Waals surface area contributed by atoms with Crippen LogP contribution in [-0.2, 0) is 9.53 Å². The molecule has 2 unspecified atom stereocenters. The van der Waals surface area contributed by atoms with Crippen LogP contribution in [0.25, 0.3) is 0 Å². The zero-order valence-corrected chi connectivity index (χ0v) is 8.59. The number of methoxy groups -OCH3 is 1. The Kier molecular flexibility index (Phi) is 5.11. The van der Waals surface area contributed by atoms with E-state index in [0.717, 1.165) is 6.42 Å². The summed E-state index contributed by atoms with van der Waals surface area (Å²) in [5, 5.41) is 2.51. The summed E-state index contributed by atoms with van der Waals surface area (Å²) >= 11 is 0. The van der Waals surface area contributed by atoms with Gasteiger partial charge in [0.25, 0.3) is 0 Å². The minimum atomic E-state index is -0.555. The third-order valence-corrected chi connectivity index (χ3v) is 2.11. The molecule has 4 nitrogen and oxygen atoms in total. The third kappa shape index (κ3) is 3.92. The van der Waals surface area contributed by atoms with E-state index in [-0.39, 0.29) is 11.7 Å². The minimum Gasteiger partial charge on any atom is -0.453 e. The van der Waals surface area contributed by atoms with Crippen molar-refractivity contribution in [2.24, 2.45) is 5.92 Å². The zero-order chi connectivity index (χ0) is 10.4. The maximum atomic E-state index is 11.1. The smallest absolute Gasteiger partial charge is 0.407 e. The average Bonchev–Trinajstić information content (AvgIpc) is 2.11. The Morgan fingerprint density at radius 1 is 1.46 bits per heavy atom. The lowest BCUT2D eigenvalue weighted by Crippen LogP contribution is -2.43. The number of hydrogen-bond acceptors (Lipinski definition) is 3. The van der Waals surface area contributed by atoms with Crippen molar-refractivity contribution in [2.75, 3.05) is 7.11 Å². The van der Waals surface area contributed by atoms with Crippen LogP contribution >= 0.6 is 0 Å². The highest BCUT2D eigenvalue weighted by Gasteiger charge is 2.22. The third-order valence-electron chi connectivity index (χ3n) is 2.11. The Labute approximate surface area is 78.6 Å². The molecule has 0 aromatic rings. The predicted octanol–water partition coefficient (Wildman–Crippen LogP) is 1.35. The van der Waals surface area contributed by atoms with Crippen molar-refractivity contribution in [2.45, 2.75) is 33.2 Å². The van der Waals surface area contributed by atoms with E-state index in [2.05, 4.69) is 10.1 Å². The number of Topliss-reactive ketones (excluding diaryl/α,β-unsaturated/α-hetero) is 1. The number of amides is 1. The van der Waals surface area contributed by atoms with Crippen LogP contribution < -0.4 is 5.32 Å². The van der Waals surface area contributed by atoms with E-state index in [1.54, 1.807) is 0 Å². The SMILES string of the molecule is CCC(C)C(NC(=O)OC)C(C)=O. The molecule has 0 aliphatic carbocycles. The number of alkyl carbamates (subject to hydrolysis) is 1. The van der Waals surface area contributed by atoms with Crippen molar-refractivity contribution < 1.29 is 14.3 Å². The van der Waals surface area contributed by atoms with Gasteiger partial charge in [0.05, 0.1) is 13.2 Å². The number of carbonyl (C=O) groups excluding carboxylic acids is 2. The largest absolute Gasteiger partial charge is 0.453 e. The molecule has 0 fully saturated rings. The maximum Gasteiger partial charge on any atom is 0.407 e. The second-order valence-corrected chi connectivity index (χ2v) is 3.11. The summed E-state index contributed by atoms with van der Waals surface area (Å²) in [7, 11) is 1.28. The highest BCUT2D eigenvalue weighted by Crippen LogP contribution is 2.08. The molecular weight excluding hydrogens is 170 g/mol. The fourth-order valence-corrected chi connectivity index (χ4v) is 1.07. The molecule has 0 bridgehead atoms. The fourth-order valence-electron chi connectivity index (χ4n) is 1.07. The van der Waals surface area contributed by atoms with Crippen LogP contribution in [0.15, 0.2) is 0 Å². The van der Waals surface area contributed by atoms with E-state index in [1.807, 2.05) is 13.8 Å². The van der Waals surface area contributed by atoms with E-state index in [9.17, 15) is 9.59 Å². The van der Waals surface area contributed by atoms with Gasteiger partial charge in [-0.15, -0.1) is 0 Å². The number of ether oxygens (including phenoxy) is 1. The van der Waals surface area contributed by atoms with E-state index in [4.69, 9.17) is 0 Å². The first-order chi connectivity index (χ1) is 6.02. The lowest BCUT2D eigenvalue weighted by molar-refractivity contribution is -0.120. The molecule has 0 saturated heterocycles. The quantitative estimate of drug-likeness (QED) is 0.722. The van der Waals surface area contributed by atoms with Crippen LogP contribution in [0.1, 0.15) is 27.2 Å². The van der Waals surface area contributed by atoms with Crippen LogP contribution in [0.5, 0.6) is 0 Å². The molecule has 0 rings (SSSR count). The summed E-state index contributed by atoms with van der Waals surface area (Å²) in [5.74, 6) is 0.0938. The second-order valence-electron chi connectivity index (χ2n) is 3.11. The van der Waals surface area contributed by atoms with Gasteiger partial charge in [0.2, 0.25) is 0 Å². The first kappa shape index (κ1) is 11.9. The molecular formula is C9H17NO3. The number of ketones is 1. The van der Waals surface area contributed by atoms with Gasteiger partial charge in [0.15, 0.2) is 5.78 Å². The van der Waals surface area contributed by atoms with E-state index < -0.39 is 12.1 Å². The molecule has 4 heteroatoms. The van der Waals surface area contributed by atoms with Gasteiger partial charge in [-0.05, 0) is 12.8 Å². The van der Waals surface area contributed by atoms with Gasteiger partial charge < -0.3 is 10.1 Å².